The molecule has 1 fully saturated rings. The Bertz CT molecular complexity index is 367. The van der Waals surface area contributed by atoms with E-state index in [2.05, 4.69) is 16.9 Å². The molecular weight excluding hydrogens is 316 g/mol. The predicted molar refractivity (Wildman–Crippen MR) is 101 cm³/mol. The summed E-state index contributed by atoms with van der Waals surface area (Å²) in [6.45, 7) is 0.306. The van der Waals surface area contributed by atoms with E-state index in [0.717, 1.165) is 64.2 Å². The number of aliphatic hydroxyl groups is 2. The van der Waals surface area contributed by atoms with Gasteiger partial charge in [0.05, 0.1) is 13.2 Å². The van der Waals surface area contributed by atoms with Gasteiger partial charge in [0.15, 0.2) is 0 Å². The molecule has 4 nitrogen and oxygen atoms in total. The van der Waals surface area contributed by atoms with Crippen molar-refractivity contribution in [1.82, 2.24) is 0 Å². The molecule has 146 valence electrons. The highest BCUT2D eigenvalue weighted by molar-refractivity contribution is 5.68. The van der Waals surface area contributed by atoms with E-state index in [4.69, 9.17) is 5.11 Å². The van der Waals surface area contributed by atoms with Crippen molar-refractivity contribution in [2.45, 2.75) is 89.6 Å². The molecule has 1 aliphatic rings. The molecular formula is C21H38O4. The second kappa shape index (κ2) is 14.3. The molecule has 0 amide bonds. The average Bonchev–Trinajstić information content (AvgIpc) is 2.97. The lowest BCUT2D eigenvalue weighted by molar-refractivity contribution is -0.140. The molecule has 0 aromatic heterocycles. The first kappa shape index (κ1) is 22.2. The summed E-state index contributed by atoms with van der Waals surface area (Å²) in [5.74, 6) is 0.821. The molecule has 0 radical (unpaired) electrons. The van der Waals surface area contributed by atoms with Crippen LogP contribution in [0.2, 0.25) is 0 Å². The summed E-state index contributed by atoms with van der Waals surface area (Å²) in [5.41, 5.74) is 0. The fraction of sp³-hybridized carbons (Fsp3) is 0.857. The van der Waals surface area contributed by atoms with E-state index in [1.54, 1.807) is 0 Å². The van der Waals surface area contributed by atoms with Gasteiger partial charge in [0.2, 0.25) is 0 Å². The summed E-state index contributed by atoms with van der Waals surface area (Å²) >= 11 is 0. The molecule has 1 aliphatic carbocycles. The smallest absolute Gasteiger partial charge is 0.305 e. The second-order valence-electron chi connectivity index (χ2n) is 7.36. The molecule has 0 aromatic carbocycles. The molecule has 25 heavy (non-hydrogen) atoms. The molecule has 0 bridgehead atoms. The molecule has 0 saturated heterocycles. The molecule has 4 heteroatoms. The van der Waals surface area contributed by atoms with Gasteiger partial charge < -0.3 is 14.9 Å². The van der Waals surface area contributed by atoms with Gasteiger partial charge in [-0.1, -0.05) is 44.3 Å². The number of hydrogen-bond acceptors (Lipinski definition) is 4. The second-order valence-corrected chi connectivity index (χ2v) is 7.36. The predicted octanol–water partition coefficient (Wildman–Crippen LogP) is 4.39. The van der Waals surface area contributed by atoms with Gasteiger partial charge in [-0.3, -0.25) is 4.79 Å². The number of allylic oxidation sites excluding steroid dienone is 2. The minimum atomic E-state index is -0.144. The van der Waals surface area contributed by atoms with Crippen molar-refractivity contribution in [2.75, 3.05) is 13.7 Å². The van der Waals surface area contributed by atoms with Crippen molar-refractivity contribution in [3.8, 4) is 0 Å². The van der Waals surface area contributed by atoms with Crippen LogP contribution in [0.4, 0.5) is 0 Å². The Kier molecular flexibility index (Phi) is 12.7. The third-order valence-electron chi connectivity index (χ3n) is 5.40. The van der Waals surface area contributed by atoms with Crippen LogP contribution in [-0.2, 0) is 9.53 Å². The van der Waals surface area contributed by atoms with Crippen LogP contribution in [0.1, 0.15) is 83.5 Å². The fourth-order valence-electron chi connectivity index (χ4n) is 3.83. The highest BCUT2D eigenvalue weighted by Crippen LogP contribution is 2.36. The van der Waals surface area contributed by atoms with Crippen molar-refractivity contribution in [1.29, 1.82) is 0 Å². The number of methoxy groups -OCH3 is 1. The third-order valence-corrected chi connectivity index (χ3v) is 5.40. The quantitative estimate of drug-likeness (QED) is 0.276. The normalized spacial score (nSPS) is 23.4. The van der Waals surface area contributed by atoms with Gasteiger partial charge in [-0.15, -0.1) is 0 Å². The maximum atomic E-state index is 11.1. The molecule has 0 unspecified atom stereocenters. The van der Waals surface area contributed by atoms with Gasteiger partial charge >= 0.3 is 5.97 Å². The van der Waals surface area contributed by atoms with E-state index in [1.807, 2.05) is 0 Å². The molecule has 1 saturated carbocycles. The first-order valence-corrected chi connectivity index (χ1v) is 10.2. The first-order valence-electron chi connectivity index (χ1n) is 10.2. The maximum absolute atomic E-state index is 11.1. The lowest BCUT2D eigenvalue weighted by atomic mass is 9.88. The molecule has 0 aliphatic heterocycles. The van der Waals surface area contributed by atoms with Gasteiger partial charge in [-0.05, 0) is 56.8 Å². The van der Waals surface area contributed by atoms with E-state index < -0.39 is 0 Å². The van der Waals surface area contributed by atoms with Crippen molar-refractivity contribution >= 4 is 5.97 Å². The highest BCUT2D eigenvalue weighted by atomic mass is 16.5. The number of carbonyl (C=O) groups is 1. The number of esters is 1. The highest BCUT2D eigenvalue weighted by Gasteiger charge is 2.32. The summed E-state index contributed by atoms with van der Waals surface area (Å²) in [6.07, 6.45) is 17.9. The topological polar surface area (TPSA) is 66.8 Å². The molecule has 0 aromatic rings. The zero-order chi connectivity index (χ0) is 18.3. The van der Waals surface area contributed by atoms with E-state index in [-0.39, 0.29) is 12.1 Å². The number of ether oxygens (including phenoxy) is 1. The van der Waals surface area contributed by atoms with Crippen LogP contribution in [0.5, 0.6) is 0 Å². The van der Waals surface area contributed by atoms with Crippen molar-refractivity contribution in [2.24, 2.45) is 11.8 Å². The van der Waals surface area contributed by atoms with Gasteiger partial charge in [0, 0.05) is 13.0 Å². The molecule has 0 spiro atoms. The number of carbonyl (C=O) groups excluding carboxylic acids is 1. The standard InChI is InChI=1S/C21H38O4/c1-25-21(24)14-10-6-5-9-13-19-18(15-16-20(19)23)12-8-4-2-3-7-11-17-22/h8,12,18-20,22-23H,2-7,9-11,13-17H2,1H3/t18-,19-,20-/m1/s1. The SMILES string of the molecule is COC(=O)CCCCCC[C@H]1[C@H](O)CC[C@H]1C=CCCCCCCO. The minimum Gasteiger partial charge on any atom is -0.469 e. The monoisotopic (exact) mass is 354 g/mol. The Morgan fingerprint density at radius 2 is 1.76 bits per heavy atom. The zero-order valence-electron chi connectivity index (χ0n) is 16.0. The van der Waals surface area contributed by atoms with Gasteiger partial charge in [0.25, 0.3) is 0 Å². The summed E-state index contributed by atoms with van der Waals surface area (Å²) in [4.78, 5) is 11.1. The van der Waals surface area contributed by atoms with Crippen LogP contribution in [0.3, 0.4) is 0 Å². The van der Waals surface area contributed by atoms with Crippen LogP contribution in [0, 0.1) is 11.8 Å². The Labute approximate surface area is 153 Å². The maximum Gasteiger partial charge on any atom is 0.305 e. The van der Waals surface area contributed by atoms with Crippen LogP contribution >= 0.6 is 0 Å². The minimum absolute atomic E-state index is 0.118. The average molecular weight is 355 g/mol. The van der Waals surface area contributed by atoms with Gasteiger partial charge in [-0.25, -0.2) is 0 Å². The van der Waals surface area contributed by atoms with E-state index >= 15 is 0 Å². The number of rotatable bonds is 14. The molecule has 0 heterocycles. The number of hydrogen-bond donors (Lipinski definition) is 2. The summed E-state index contributed by atoms with van der Waals surface area (Å²) in [7, 11) is 1.44. The van der Waals surface area contributed by atoms with Crippen molar-refractivity contribution in [3.05, 3.63) is 12.2 Å². The number of aliphatic hydroxyl groups excluding tert-OH is 2. The Morgan fingerprint density at radius 3 is 2.52 bits per heavy atom. The third kappa shape index (κ3) is 10.0. The Hall–Kier alpha value is -0.870. The van der Waals surface area contributed by atoms with E-state index in [0.29, 0.717) is 24.9 Å². The van der Waals surface area contributed by atoms with Crippen LogP contribution in [-0.4, -0.2) is 36.0 Å². The van der Waals surface area contributed by atoms with Gasteiger partial charge in [0.1, 0.15) is 0 Å². The zero-order valence-corrected chi connectivity index (χ0v) is 16.0. The lowest BCUT2D eigenvalue weighted by Gasteiger charge is -2.19. The fourth-order valence-corrected chi connectivity index (χ4v) is 3.83. The largest absolute Gasteiger partial charge is 0.469 e. The van der Waals surface area contributed by atoms with Crippen LogP contribution in [0.15, 0.2) is 12.2 Å². The summed E-state index contributed by atoms with van der Waals surface area (Å²) in [6, 6.07) is 0. The van der Waals surface area contributed by atoms with E-state index in [1.165, 1.54) is 20.0 Å². The van der Waals surface area contributed by atoms with E-state index in [9.17, 15) is 9.90 Å². The Balaban J connectivity index is 2.14. The summed E-state index contributed by atoms with van der Waals surface area (Å²) in [5, 5.41) is 19.0. The number of unbranched alkanes of at least 4 members (excludes halogenated alkanes) is 7. The Morgan fingerprint density at radius 1 is 1.04 bits per heavy atom. The molecule has 1 rings (SSSR count). The van der Waals surface area contributed by atoms with Crippen molar-refractivity contribution in [3.63, 3.8) is 0 Å². The first-order chi connectivity index (χ1) is 12.2. The lowest BCUT2D eigenvalue weighted by Crippen LogP contribution is -2.18. The van der Waals surface area contributed by atoms with Crippen molar-refractivity contribution < 1.29 is 19.7 Å². The summed E-state index contributed by atoms with van der Waals surface area (Å²) < 4.78 is 4.65. The molecule has 2 N–H and O–H groups in total. The van der Waals surface area contributed by atoms with Gasteiger partial charge in [-0.2, -0.15) is 0 Å². The van der Waals surface area contributed by atoms with Crippen LogP contribution < -0.4 is 0 Å². The van der Waals surface area contributed by atoms with Crippen LogP contribution in [0.25, 0.3) is 0 Å². The molecule has 3 atom stereocenters.